The van der Waals surface area contributed by atoms with Gasteiger partial charge in [0, 0.05) is 19.3 Å². The van der Waals surface area contributed by atoms with Gasteiger partial charge in [0.05, 0.1) is 6.20 Å². The van der Waals surface area contributed by atoms with Gasteiger partial charge in [0.15, 0.2) is 0 Å². The third kappa shape index (κ3) is 3.26. The topological polar surface area (TPSA) is 64.0 Å². The van der Waals surface area contributed by atoms with Crippen LogP contribution in [-0.2, 0) is 17.1 Å². The lowest BCUT2D eigenvalue weighted by atomic mass is 10.0. The standard InChI is InChI=1S/C14H19N3O2S/c1-4-14(12-7-5-11(2)6-8-12)16-20(18,19)13-9-15-17(3)10-13/h5-10,14,16H,4H2,1-3H3. The Morgan fingerprint density at radius 1 is 1.30 bits per heavy atom. The molecular weight excluding hydrogens is 274 g/mol. The van der Waals surface area contributed by atoms with Crippen molar-refractivity contribution < 1.29 is 8.42 Å². The van der Waals surface area contributed by atoms with Crippen LogP contribution in [0.4, 0.5) is 0 Å². The summed E-state index contributed by atoms with van der Waals surface area (Å²) < 4.78 is 28.8. The Hall–Kier alpha value is -1.66. The van der Waals surface area contributed by atoms with Crippen molar-refractivity contribution in [3.05, 3.63) is 47.8 Å². The third-order valence-electron chi connectivity index (χ3n) is 3.18. The second-order valence-corrected chi connectivity index (χ2v) is 6.56. The van der Waals surface area contributed by atoms with Crippen LogP contribution in [0.1, 0.15) is 30.5 Å². The molecule has 0 saturated heterocycles. The fraction of sp³-hybridized carbons (Fsp3) is 0.357. The van der Waals surface area contributed by atoms with E-state index in [0.29, 0.717) is 6.42 Å². The van der Waals surface area contributed by atoms with Crippen LogP contribution < -0.4 is 4.72 Å². The zero-order valence-electron chi connectivity index (χ0n) is 11.9. The van der Waals surface area contributed by atoms with Crippen molar-refractivity contribution in [2.75, 3.05) is 0 Å². The van der Waals surface area contributed by atoms with E-state index in [-0.39, 0.29) is 10.9 Å². The maximum Gasteiger partial charge on any atom is 0.244 e. The average Bonchev–Trinajstić information content (AvgIpc) is 2.85. The first kappa shape index (κ1) is 14.7. The number of aryl methyl sites for hydroxylation is 2. The van der Waals surface area contributed by atoms with E-state index >= 15 is 0 Å². The summed E-state index contributed by atoms with van der Waals surface area (Å²) in [5.41, 5.74) is 2.12. The predicted octanol–water partition coefficient (Wildman–Crippen LogP) is 2.16. The highest BCUT2D eigenvalue weighted by atomic mass is 32.2. The van der Waals surface area contributed by atoms with E-state index in [4.69, 9.17) is 0 Å². The minimum Gasteiger partial charge on any atom is -0.274 e. The minimum atomic E-state index is -3.54. The highest BCUT2D eigenvalue weighted by Gasteiger charge is 2.21. The van der Waals surface area contributed by atoms with Crippen LogP contribution in [0.5, 0.6) is 0 Å². The SMILES string of the molecule is CCC(NS(=O)(=O)c1cnn(C)c1)c1ccc(C)cc1. The second-order valence-electron chi connectivity index (χ2n) is 4.84. The molecule has 20 heavy (non-hydrogen) atoms. The van der Waals surface area contributed by atoms with Crippen molar-refractivity contribution in [3.8, 4) is 0 Å². The van der Waals surface area contributed by atoms with Crippen LogP contribution in [0.2, 0.25) is 0 Å². The number of hydrogen-bond acceptors (Lipinski definition) is 3. The largest absolute Gasteiger partial charge is 0.274 e. The van der Waals surface area contributed by atoms with Gasteiger partial charge in [-0.3, -0.25) is 4.68 Å². The fourth-order valence-electron chi connectivity index (χ4n) is 1.98. The Morgan fingerprint density at radius 3 is 2.45 bits per heavy atom. The Bertz CT molecular complexity index is 675. The van der Waals surface area contributed by atoms with E-state index in [9.17, 15) is 8.42 Å². The molecule has 0 radical (unpaired) electrons. The number of nitrogens with zero attached hydrogens (tertiary/aromatic N) is 2. The van der Waals surface area contributed by atoms with E-state index in [0.717, 1.165) is 11.1 Å². The third-order valence-corrected chi connectivity index (χ3v) is 4.60. The lowest BCUT2D eigenvalue weighted by molar-refractivity contribution is 0.550. The van der Waals surface area contributed by atoms with Gasteiger partial charge in [-0.15, -0.1) is 0 Å². The fourth-order valence-corrected chi connectivity index (χ4v) is 3.27. The van der Waals surface area contributed by atoms with Gasteiger partial charge in [0.2, 0.25) is 10.0 Å². The number of sulfonamides is 1. The Labute approximate surface area is 119 Å². The Kier molecular flexibility index (Phi) is 4.25. The molecule has 0 aliphatic rings. The highest BCUT2D eigenvalue weighted by Crippen LogP contribution is 2.20. The molecule has 1 aromatic carbocycles. The summed E-state index contributed by atoms with van der Waals surface area (Å²) in [6, 6.07) is 7.64. The first-order chi connectivity index (χ1) is 9.42. The summed E-state index contributed by atoms with van der Waals surface area (Å²) >= 11 is 0. The predicted molar refractivity (Wildman–Crippen MR) is 77.7 cm³/mol. The molecule has 0 amide bonds. The van der Waals surface area contributed by atoms with Gasteiger partial charge >= 0.3 is 0 Å². The van der Waals surface area contributed by atoms with Gasteiger partial charge < -0.3 is 0 Å². The van der Waals surface area contributed by atoms with E-state index in [1.807, 2.05) is 38.1 Å². The summed E-state index contributed by atoms with van der Waals surface area (Å²) in [6.07, 6.45) is 3.52. The van der Waals surface area contributed by atoms with E-state index in [1.54, 1.807) is 7.05 Å². The highest BCUT2D eigenvalue weighted by molar-refractivity contribution is 7.89. The molecule has 108 valence electrons. The summed E-state index contributed by atoms with van der Waals surface area (Å²) in [5.74, 6) is 0. The Balaban J connectivity index is 2.24. The lowest BCUT2D eigenvalue weighted by Gasteiger charge is -2.17. The minimum absolute atomic E-state index is 0.186. The van der Waals surface area contributed by atoms with E-state index < -0.39 is 10.0 Å². The summed E-state index contributed by atoms with van der Waals surface area (Å²) in [4.78, 5) is 0.186. The van der Waals surface area contributed by atoms with Crippen LogP contribution in [0, 0.1) is 6.92 Å². The van der Waals surface area contributed by atoms with E-state index in [2.05, 4.69) is 9.82 Å². The van der Waals surface area contributed by atoms with Crippen LogP contribution in [0.25, 0.3) is 0 Å². The summed E-state index contributed by atoms with van der Waals surface area (Å²) in [7, 11) is -1.85. The zero-order chi connectivity index (χ0) is 14.8. The van der Waals surface area contributed by atoms with Gasteiger partial charge in [-0.25, -0.2) is 13.1 Å². The molecule has 2 rings (SSSR count). The molecule has 5 nitrogen and oxygen atoms in total. The molecule has 0 bridgehead atoms. The molecule has 1 unspecified atom stereocenters. The van der Waals surface area contributed by atoms with Gasteiger partial charge in [-0.1, -0.05) is 36.8 Å². The number of hydrogen-bond donors (Lipinski definition) is 1. The molecule has 1 atom stereocenters. The number of nitrogens with one attached hydrogen (secondary N) is 1. The van der Waals surface area contributed by atoms with Crippen molar-refractivity contribution >= 4 is 10.0 Å². The van der Waals surface area contributed by atoms with Crippen molar-refractivity contribution in [2.45, 2.75) is 31.2 Å². The van der Waals surface area contributed by atoms with Gasteiger partial charge in [-0.05, 0) is 18.9 Å². The second kappa shape index (κ2) is 5.76. The molecule has 1 heterocycles. The van der Waals surface area contributed by atoms with Crippen LogP contribution in [0.15, 0.2) is 41.6 Å². The summed E-state index contributed by atoms with van der Waals surface area (Å²) in [6.45, 7) is 3.96. The Morgan fingerprint density at radius 2 is 1.95 bits per heavy atom. The molecule has 2 aromatic rings. The monoisotopic (exact) mass is 293 g/mol. The molecule has 0 aliphatic heterocycles. The quantitative estimate of drug-likeness (QED) is 0.918. The molecule has 0 fully saturated rings. The van der Waals surface area contributed by atoms with E-state index in [1.165, 1.54) is 17.1 Å². The smallest absolute Gasteiger partial charge is 0.244 e. The molecule has 1 N–H and O–H groups in total. The molecule has 1 aromatic heterocycles. The van der Waals surface area contributed by atoms with Crippen molar-refractivity contribution in [1.29, 1.82) is 0 Å². The number of rotatable bonds is 5. The number of aromatic nitrogens is 2. The molecule has 6 heteroatoms. The normalized spacial score (nSPS) is 13.3. The summed E-state index contributed by atoms with van der Waals surface area (Å²) in [5, 5.41) is 3.90. The maximum atomic E-state index is 12.3. The first-order valence-electron chi connectivity index (χ1n) is 6.50. The maximum absolute atomic E-state index is 12.3. The molecule has 0 saturated carbocycles. The zero-order valence-corrected chi connectivity index (χ0v) is 12.7. The van der Waals surface area contributed by atoms with Gasteiger partial charge in [0.1, 0.15) is 4.90 Å². The molecule has 0 spiro atoms. The van der Waals surface area contributed by atoms with Crippen molar-refractivity contribution in [2.24, 2.45) is 7.05 Å². The molecular formula is C14H19N3O2S. The van der Waals surface area contributed by atoms with Crippen LogP contribution in [-0.4, -0.2) is 18.2 Å². The van der Waals surface area contributed by atoms with Crippen LogP contribution in [0.3, 0.4) is 0 Å². The number of benzene rings is 1. The molecule has 0 aliphatic carbocycles. The lowest BCUT2D eigenvalue weighted by Crippen LogP contribution is -2.28. The van der Waals surface area contributed by atoms with Gasteiger partial charge in [0.25, 0.3) is 0 Å². The van der Waals surface area contributed by atoms with Gasteiger partial charge in [-0.2, -0.15) is 5.10 Å². The average molecular weight is 293 g/mol. The van der Waals surface area contributed by atoms with Crippen LogP contribution >= 0.6 is 0 Å². The first-order valence-corrected chi connectivity index (χ1v) is 7.98. The van der Waals surface area contributed by atoms with Crippen molar-refractivity contribution in [3.63, 3.8) is 0 Å². The van der Waals surface area contributed by atoms with Crippen molar-refractivity contribution in [1.82, 2.24) is 14.5 Å².